The summed E-state index contributed by atoms with van der Waals surface area (Å²) in [7, 11) is 0. The number of nitrogens with one attached hydrogen (secondary N) is 2. The Bertz CT molecular complexity index is 470. The molecule has 5 heteroatoms. The molecule has 0 fully saturated rings. The fourth-order valence-corrected chi connectivity index (χ4v) is 1.69. The van der Waals surface area contributed by atoms with E-state index in [0.29, 0.717) is 18.9 Å². The third-order valence-corrected chi connectivity index (χ3v) is 2.68. The lowest BCUT2D eigenvalue weighted by molar-refractivity contribution is -0.122. The lowest BCUT2D eigenvalue weighted by Gasteiger charge is -2.10. The summed E-state index contributed by atoms with van der Waals surface area (Å²) in [6.45, 7) is 6.03. The van der Waals surface area contributed by atoms with Crippen molar-refractivity contribution in [2.75, 3.05) is 5.32 Å². The van der Waals surface area contributed by atoms with Crippen molar-refractivity contribution in [3.63, 3.8) is 0 Å². The van der Waals surface area contributed by atoms with Gasteiger partial charge in [0.25, 0.3) is 0 Å². The molecular formula is C15H23N3O2. The highest BCUT2D eigenvalue weighted by molar-refractivity contribution is 5.90. The predicted octanol–water partition coefficient (Wildman–Crippen LogP) is 1.63. The minimum Gasteiger partial charge on any atom is -0.351 e. The van der Waals surface area contributed by atoms with E-state index in [9.17, 15) is 9.59 Å². The second-order valence-corrected chi connectivity index (χ2v) is 5.35. The second kappa shape index (κ2) is 7.65. The van der Waals surface area contributed by atoms with Gasteiger partial charge in [-0.15, -0.1) is 0 Å². The van der Waals surface area contributed by atoms with Crippen molar-refractivity contribution in [3.05, 3.63) is 29.8 Å². The molecule has 0 heterocycles. The Labute approximate surface area is 119 Å². The number of carbonyl (C=O) groups excluding carboxylic acids is 2. The highest BCUT2D eigenvalue weighted by atomic mass is 16.2. The summed E-state index contributed by atoms with van der Waals surface area (Å²) in [4.78, 5) is 23.1. The first kappa shape index (κ1) is 16.2. The van der Waals surface area contributed by atoms with Gasteiger partial charge in [0.15, 0.2) is 0 Å². The monoisotopic (exact) mass is 277 g/mol. The van der Waals surface area contributed by atoms with E-state index in [1.807, 2.05) is 38.1 Å². The van der Waals surface area contributed by atoms with E-state index in [1.54, 1.807) is 6.92 Å². The minimum absolute atomic E-state index is 0.00299. The number of carbonyl (C=O) groups is 2. The van der Waals surface area contributed by atoms with Crippen LogP contribution in [0.1, 0.15) is 32.8 Å². The zero-order valence-electron chi connectivity index (χ0n) is 12.3. The Morgan fingerprint density at radius 2 is 1.95 bits per heavy atom. The molecule has 1 atom stereocenters. The van der Waals surface area contributed by atoms with Crippen LogP contribution in [0, 0.1) is 5.92 Å². The number of amides is 2. The van der Waals surface area contributed by atoms with E-state index < -0.39 is 6.04 Å². The molecule has 2 amide bonds. The number of rotatable bonds is 6. The van der Waals surface area contributed by atoms with E-state index in [4.69, 9.17) is 5.73 Å². The van der Waals surface area contributed by atoms with Gasteiger partial charge in [-0.2, -0.15) is 0 Å². The van der Waals surface area contributed by atoms with Gasteiger partial charge in [-0.3, -0.25) is 9.59 Å². The summed E-state index contributed by atoms with van der Waals surface area (Å²) in [6, 6.07) is 6.89. The van der Waals surface area contributed by atoms with Crippen LogP contribution in [0.2, 0.25) is 0 Å². The van der Waals surface area contributed by atoms with E-state index >= 15 is 0 Å². The first-order valence-electron chi connectivity index (χ1n) is 6.80. The highest BCUT2D eigenvalue weighted by Gasteiger charge is 2.08. The van der Waals surface area contributed by atoms with Gasteiger partial charge < -0.3 is 16.4 Å². The molecule has 1 rings (SSSR count). The number of anilines is 1. The highest BCUT2D eigenvalue weighted by Crippen LogP contribution is 2.12. The molecule has 1 aromatic carbocycles. The maximum atomic E-state index is 11.7. The van der Waals surface area contributed by atoms with E-state index in [-0.39, 0.29) is 11.8 Å². The first-order valence-corrected chi connectivity index (χ1v) is 6.80. The van der Waals surface area contributed by atoms with Crippen molar-refractivity contribution in [1.29, 1.82) is 0 Å². The van der Waals surface area contributed by atoms with Crippen LogP contribution in [0.3, 0.4) is 0 Å². The third-order valence-electron chi connectivity index (χ3n) is 2.68. The van der Waals surface area contributed by atoms with Crippen molar-refractivity contribution in [2.24, 2.45) is 11.7 Å². The van der Waals surface area contributed by atoms with Crippen LogP contribution >= 0.6 is 0 Å². The largest absolute Gasteiger partial charge is 0.351 e. The Hall–Kier alpha value is -1.88. The molecule has 0 unspecified atom stereocenters. The summed E-state index contributed by atoms with van der Waals surface area (Å²) < 4.78 is 0. The Morgan fingerprint density at radius 3 is 2.55 bits per heavy atom. The van der Waals surface area contributed by atoms with Crippen LogP contribution in [0.5, 0.6) is 0 Å². The van der Waals surface area contributed by atoms with Crippen LogP contribution in [0.25, 0.3) is 0 Å². The Kier molecular flexibility index (Phi) is 6.18. The Balaban J connectivity index is 2.57. The van der Waals surface area contributed by atoms with E-state index in [1.165, 1.54) is 0 Å². The van der Waals surface area contributed by atoms with Crippen LogP contribution in [-0.4, -0.2) is 17.9 Å². The summed E-state index contributed by atoms with van der Waals surface area (Å²) in [5.41, 5.74) is 7.13. The van der Waals surface area contributed by atoms with Crippen LogP contribution in [0.4, 0.5) is 5.69 Å². The van der Waals surface area contributed by atoms with Crippen LogP contribution in [-0.2, 0) is 16.1 Å². The van der Waals surface area contributed by atoms with Gasteiger partial charge in [-0.1, -0.05) is 26.0 Å². The van der Waals surface area contributed by atoms with E-state index in [2.05, 4.69) is 10.6 Å². The molecule has 5 nitrogen and oxygen atoms in total. The second-order valence-electron chi connectivity index (χ2n) is 5.35. The topological polar surface area (TPSA) is 84.2 Å². The van der Waals surface area contributed by atoms with Gasteiger partial charge in [-0.25, -0.2) is 0 Å². The molecule has 0 saturated heterocycles. The molecule has 20 heavy (non-hydrogen) atoms. The average Bonchev–Trinajstić information content (AvgIpc) is 2.35. The molecule has 0 aromatic heterocycles. The van der Waals surface area contributed by atoms with E-state index in [0.717, 1.165) is 11.3 Å². The van der Waals surface area contributed by atoms with Gasteiger partial charge >= 0.3 is 0 Å². The van der Waals surface area contributed by atoms with Gasteiger partial charge in [0.05, 0.1) is 6.04 Å². The van der Waals surface area contributed by atoms with Crippen LogP contribution < -0.4 is 16.4 Å². The molecule has 110 valence electrons. The quantitative estimate of drug-likeness (QED) is 0.739. The summed E-state index contributed by atoms with van der Waals surface area (Å²) in [6.07, 6.45) is 0.492. The van der Waals surface area contributed by atoms with Crippen molar-refractivity contribution in [3.8, 4) is 0 Å². The summed E-state index contributed by atoms with van der Waals surface area (Å²) in [5, 5.41) is 5.58. The maximum absolute atomic E-state index is 11.7. The van der Waals surface area contributed by atoms with Gasteiger partial charge in [0.2, 0.25) is 11.8 Å². The average molecular weight is 277 g/mol. The number of nitrogens with two attached hydrogens (primary N) is 1. The molecule has 0 spiro atoms. The summed E-state index contributed by atoms with van der Waals surface area (Å²) in [5.74, 6) is 0.125. The van der Waals surface area contributed by atoms with Crippen molar-refractivity contribution >= 4 is 17.5 Å². The first-order chi connectivity index (χ1) is 9.38. The molecule has 4 N–H and O–H groups in total. The van der Waals surface area contributed by atoms with Gasteiger partial charge in [0.1, 0.15) is 0 Å². The molecule has 0 aliphatic heterocycles. The van der Waals surface area contributed by atoms with Crippen molar-refractivity contribution < 1.29 is 9.59 Å². The molecule has 0 aliphatic rings. The van der Waals surface area contributed by atoms with Gasteiger partial charge in [-0.05, 0) is 30.5 Å². The lowest BCUT2D eigenvalue weighted by Crippen LogP contribution is -2.37. The molecule has 1 aromatic rings. The molecule has 0 saturated carbocycles. The fourth-order valence-electron chi connectivity index (χ4n) is 1.69. The van der Waals surface area contributed by atoms with Crippen molar-refractivity contribution in [2.45, 2.75) is 39.8 Å². The molecule has 0 bridgehead atoms. The zero-order valence-corrected chi connectivity index (χ0v) is 12.3. The Morgan fingerprint density at radius 1 is 1.25 bits per heavy atom. The SMILES string of the molecule is CC(C)CC(=O)Nc1cccc(CNC(=O)[C@@H](C)N)c1. The smallest absolute Gasteiger partial charge is 0.236 e. The minimum atomic E-state index is -0.524. The fraction of sp³-hybridized carbons (Fsp3) is 0.467. The normalized spacial score (nSPS) is 12.1. The molecule has 0 radical (unpaired) electrons. The molecular weight excluding hydrogens is 254 g/mol. The van der Waals surface area contributed by atoms with Crippen LogP contribution in [0.15, 0.2) is 24.3 Å². The zero-order chi connectivity index (χ0) is 15.1. The predicted molar refractivity (Wildman–Crippen MR) is 80.0 cm³/mol. The van der Waals surface area contributed by atoms with Crippen molar-refractivity contribution in [1.82, 2.24) is 5.32 Å². The number of hydrogen-bond acceptors (Lipinski definition) is 3. The summed E-state index contributed by atoms with van der Waals surface area (Å²) >= 11 is 0. The maximum Gasteiger partial charge on any atom is 0.236 e. The van der Waals surface area contributed by atoms with Gasteiger partial charge in [0, 0.05) is 18.7 Å². The number of hydrogen-bond donors (Lipinski definition) is 3. The standard InChI is InChI=1S/C15H23N3O2/c1-10(2)7-14(19)18-13-6-4-5-12(8-13)9-17-15(20)11(3)16/h4-6,8,10-11H,7,9,16H2,1-3H3,(H,17,20)(H,18,19)/t11-/m1/s1. The molecule has 0 aliphatic carbocycles. The lowest BCUT2D eigenvalue weighted by atomic mass is 10.1. The number of benzene rings is 1. The third kappa shape index (κ3) is 5.84.